The van der Waals surface area contributed by atoms with Gasteiger partial charge in [0, 0.05) is 51.8 Å². The first-order chi connectivity index (χ1) is 20.8. The average Bonchev–Trinajstić information content (AvgIpc) is 3.61. The van der Waals surface area contributed by atoms with Crippen LogP contribution in [0.25, 0.3) is 32.6 Å². The van der Waals surface area contributed by atoms with Gasteiger partial charge in [0.15, 0.2) is 5.78 Å². The molecule has 0 atom stereocenters. The molecule has 1 fully saturated rings. The Labute approximate surface area is 253 Å². The first-order valence-electron chi connectivity index (χ1n) is 15.6. The molecule has 0 radical (unpaired) electrons. The predicted octanol–water partition coefficient (Wildman–Crippen LogP) is 9.36. The van der Waals surface area contributed by atoms with E-state index in [2.05, 4.69) is 72.1 Å². The van der Waals surface area contributed by atoms with Crippen LogP contribution in [0.3, 0.4) is 0 Å². The van der Waals surface area contributed by atoms with E-state index in [-0.39, 0.29) is 5.78 Å². The highest BCUT2D eigenvalue weighted by atomic mass is 16.7. The molecule has 0 spiro atoms. The lowest BCUT2D eigenvalue weighted by Gasteiger charge is -2.14. The quantitative estimate of drug-likeness (QED) is 0.0805. The van der Waals surface area contributed by atoms with Gasteiger partial charge in [-0.15, -0.1) is 0 Å². The minimum Gasteiger partial charge on any atom is -0.340 e. The summed E-state index contributed by atoms with van der Waals surface area (Å²) in [6, 6.07) is 21.0. The maximum absolute atomic E-state index is 14.3. The van der Waals surface area contributed by atoms with E-state index in [0.717, 1.165) is 85.5 Å². The van der Waals surface area contributed by atoms with Gasteiger partial charge in [0.25, 0.3) is 0 Å². The smallest absolute Gasteiger partial charge is 0.331 e. The van der Waals surface area contributed by atoms with Crippen LogP contribution in [-0.4, -0.2) is 22.0 Å². The molecule has 5 aromatic rings. The first-order valence-corrected chi connectivity index (χ1v) is 15.6. The highest BCUT2D eigenvalue weighted by Gasteiger charge is 2.23. The fourth-order valence-electron chi connectivity index (χ4n) is 7.33. The maximum atomic E-state index is 14.3. The van der Waals surface area contributed by atoms with Crippen LogP contribution in [0.4, 0.5) is 0 Å². The molecule has 1 aliphatic rings. The Kier molecular flexibility index (Phi) is 7.91. The van der Waals surface area contributed by atoms with E-state index in [0.29, 0.717) is 11.5 Å². The number of rotatable bonds is 8. The third kappa shape index (κ3) is 5.37. The maximum Gasteiger partial charge on any atom is 0.331 e. The fraction of sp³-hybridized carbons (Fsp3) is 0.342. The predicted molar refractivity (Wildman–Crippen MR) is 176 cm³/mol. The van der Waals surface area contributed by atoms with Crippen molar-refractivity contribution in [3.05, 3.63) is 94.0 Å². The lowest BCUT2D eigenvalue weighted by molar-refractivity contribution is -0.140. The Balaban J connectivity index is 1.56. The van der Waals surface area contributed by atoms with Gasteiger partial charge in [-0.3, -0.25) is 4.79 Å². The van der Waals surface area contributed by atoms with Crippen LogP contribution < -0.4 is 0 Å². The van der Waals surface area contributed by atoms with Crippen molar-refractivity contribution >= 4 is 50.0 Å². The van der Waals surface area contributed by atoms with Crippen LogP contribution >= 0.6 is 0 Å². The monoisotopic (exact) mass is 572 g/mol. The van der Waals surface area contributed by atoms with Crippen molar-refractivity contribution in [2.24, 2.45) is 11.1 Å². The minimum atomic E-state index is -0.418. The van der Waals surface area contributed by atoms with Crippen molar-refractivity contribution < 1.29 is 14.4 Å². The number of ketones is 1. The molecule has 1 saturated carbocycles. The summed E-state index contributed by atoms with van der Waals surface area (Å²) in [5.41, 5.74) is 8.63. The Morgan fingerprint density at radius 2 is 1.58 bits per heavy atom. The van der Waals surface area contributed by atoms with Gasteiger partial charge < -0.3 is 9.40 Å². The summed E-state index contributed by atoms with van der Waals surface area (Å²) in [6.45, 7) is 10.5. The molecule has 220 valence electrons. The fourth-order valence-corrected chi connectivity index (χ4v) is 7.33. The zero-order chi connectivity index (χ0) is 30.2. The summed E-state index contributed by atoms with van der Waals surface area (Å²) in [4.78, 5) is 31.2. The highest BCUT2D eigenvalue weighted by Crippen LogP contribution is 2.38. The van der Waals surface area contributed by atoms with Crippen molar-refractivity contribution in [3.8, 4) is 0 Å². The molecule has 0 aliphatic heterocycles. The Hall–Kier alpha value is -4.25. The number of carbonyl (C=O) groups is 2. The van der Waals surface area contributed by atoms with Crippen LogP contribution in [0.15, 0.2) is 65.8 Å². The number of aryl methyl sites for hydroxylation is 4. The molecule has 0 saturated heterocycles. The number of hydrogen-bond acceptors (Lipinski definition) is 4. The van der Waals surface area contributed by atoms with Gasteiger partial charge >= 0.3 is 5.97 Å². The number of benzene rings is 4. The van der Waals surface area contributed by atoms with E-state index in [4.69, 9.17) is 4.84 Å². The second-order valence-electron chi connectivity index (χ2n) is 12.3. The molecule has 0 amide bonds. The van der Waals surface area contributed by atoms with Gasteiger partial charge in [0.05, 0.1) is 11.2 Å². The van der Waals surface area contributed by atoms with E-state index >= 15 is 0 Å². The van der Waals surface area contributed by atoms with Crippen LogP contribution in [0.5, 0.6) is 0 Å². The molecule has 6 rings (SSSR count). The summed E-state index contributed by atoms with van der Waals surface area (Å²) in [7, 11) is 0. The lowest BCUT2D eigenvalue weighted by Crippen LogP contribution is -2.08. The third-order valence-electron chi connectivity index (χ3n) is 9.21. The third-order valence-corrected chi connectivity index (χ3v) is 9.21. The Morgan fingerprint density at radius 1 is 0.884 bits per heavy atom. The minimum absolute atomic E-state index is 0.0512. The van der Waals surface area contributed by atoms with Crippen molar-refractivity contribution in [3.63, 3.8) is 0 Å². The number of carbonyl (C=O) groups excluding carboxylic acids is 2. The van der Waals surface area contributed by atoms with E-state index in [1.807, 2.05) is 26.0 Å². The summed E-state index contributed by atoms with van der Waals surface area (Å²) >= 11 is 0. The van der Waals surface area contributed by atoms with Crippen molar-refractivity contribution in [2.45, 2.75) is 79.7 Å². The molecule has 4 aromatic carbocycles. The van der Waals surface area contributed by atoms with Gasteiger partial charge in [0.2, 0.25) is 0 Å². The first kappa shape index (κ1) is 28.9. The molecule has 0 unspecified atom stereocenters. The normalized spacial score (nSPS) is 14.3. The standard InChI is InChI=1S/C38H40N2O3/c1-6-40-35-18-16-28(34(39-43-26(5)41)17-15-27-11-7-8-12-27)21-31(35)32-22-33(29-13-9-10-14-30(29)37(32)40)38(42)36-24(3)19-23(2)20-25(36)4/h9-10,13-14,16,18-22,27H,6-8,11-12,15,17H2,1-5H3/b39-34+. The molecular weight excluding hydrogens is 532 g/mol. The Bertz CT molecular complexity index is 1900. The molecule has 5 heteroatoms. The number of nitrogens with zero attached hydrogens (tertiary/aromatic N) is 2. The molecule has 5 nitrogen and oxygen atoms in total. The Morgan fingerprint density at radius 3 is 2.26 bits per heavy atom. The van der Waals surface area contributed by atoms with Crippen LogP contribution in [0.1, 0.15) is 90.5 Å². The molecule has 1 aromatic heterocycles. The van der Waals surface area contributed by atoms with Gasteiger partial charge in [-0.1, -0.05) is 78.9 Å². The molecule has 1 heterocycles. The molecule has 0 N–H and O–H groups in total. The summed E-state index contributed by atoms with van der Waals surface area (Å²) in [5.74, 6) is 0.329. The molecule has 0 bridgehead atoms. The van der Waals surface area contributed by atoms with Crippen LogP contribution in [-0.2, 0) is 16.2 Å². The topological polar surface area (TPSA) is 60.7 Å². The van der Waals surface area contributed by atoms with Crippen molar-refractivity contribution in [1.29, 1.82) is 0 Å². The molecular formula is C38H40N2O3. The number of oxime groups is 1. The summed E-state index contributed by atoms with van der Waals surface area (Å²) in [6.07, 6.45) is 6.89. The van der Waals surface area contributed by atoms with Gasteiger partial charge in [-0.2, -0.15) is 0 Å². The number of aromatic nitrogens is 1. The average molecular weight is 573 g/mol. The highest BCUT2D eigenvalue weighted by molar-refractivity contribution is 6.26. The summed E-state index contributed by atoms with van der Waals surface area (Å²) < 4.78 is 2.34. The second kappa shape index (κ2) is 11.8. The van der Waals surface area contributed by atoms with Gasteiger partial charge in [-0.25, -0.2) is 4.79 Å². The summed E-state index contributed by atoms with van der Waals surface area (Å²) in [5, 5.41) is 8.49. The van der Waals surface area contributed by atoms with E-state index in [1.54, 1.807) is 0 Å². The SMILES string of the molecule is CCn1c2ccc(/C(CCC3CCCC3)=N/OC(C)=O)cc2c2cc(C(=O)c3c(C)cc(C)cc3C)c3ccccc3c21. The van der Waals surface area contributed by atoms with Crippen LogP contribution in [0, 0.1) is 26.7 Å². The largest absolute Gasteiger partial charge is 0.340 e. The number of fused-ring (bicyclic) bond motifs is 5. The van der Waals surface area contributed by atoms with Gasteiger partial charge in [-0.05, 0) is 81.2 Å². The van der Waals surface area contributed by atoms with Gasteiger partial charge in [0.1, 0.15) is 0 Å². The van der Waals surface area contributed by atoms with Crippen LogP contribution in [0.2, 0.25) is 0 Å². The second-order valence-corrected chi connectivity index (χ2v) is 12.3. The van der Waals surface area contributed by atoms with Crippen molar-refractivity contribution in [2.75, 3.05) is 0 Å². The zero-order valence-corrected chi connectivity index (χ0v) is 25.9. The molecule has 1 aliphatic carbocycles. The number of hydrogen-bond donors (Lipinski definition) is 0. The van der Waals surface area contributed by atoms with E-state index < -0.39 is 5.97 Å². The van der Waals surface area contributed by atoms with E-state index in [9.17, 15) is 9.59 Å². The zero-order valence-electron chi connectivity index (χ0n) is 25.9. The lowest BCUT2D eigenvalue weighted by atomic mass is 9.89. The van der Waals surface area contributed by atoms with E-state index in [1.165, 1.54) is 32.6 Å². The van der Waals surface area contributed by atoms with Crippen molar-refractivity contribution in [1.82, 2.24) is 4.57 Å². The molecule has 43 heavy (non-hydrogen) atoms.